The van der Waals surface area contributed by atoms with Gasteiger partial charge in [-0.3, -0.25) is 4.79 Å². The smallest absolute Gasteiger partial charge is 0.221 e. The van der Waals surface area contributed by atoms with E-state index in [1.165, 1.54) is 32.1 Å². The first-order valence-corrected chi connectivity index (χ1v) is 5.74. The Morgan fingerprint density at radius 2 is 2.00 bits per heavy atom. The topological polar surface area (TPSA) is 29.1 Å². The lowest BCUT2D eigenvalue weighted by Crippen LogP contribution is -2.50. The van der Waals surface area contributed by atoms with E-state index in [1.54, 1.807) is 0 Å². The van der Waals surface area contributed by atoms with Crippen molar-refractivity contribution in [2.45, 2.75) is 43.4 Å². The Bertz CT molecular complexity index is 181. The van der Waals surface area contributed by atoms with E-state index in [2.05, 4.69) is 5.32 Å². The van der Waals surface area contributed by atoms with Gasteiger partial charge in [0, 0.05) is 12.2 Å². The van der Waals surface area contributed by atoms with Gasteiger partial charge in [0.2, 0.25) is 5.91 Å². The van der Waals surface area contributed by atoms with Crippen LogP contribution in [-0.2, 0) is 4.79 Å². The molecule has 0 aromatic heterocycles. The van der Waals surface area contributed by atoms with Crippen molar-refractivity contribution in [2.24, 2.45) is 0 Å². The average Bonchev–Trinajstić information content (AvgIpc) is 2.05. The Morgan fingerprint density at radius 3 is 2.67 bits per heavy atom. The largest absolute Gasteiger partial charge is 0.342 e. The van der Waals surface area contributed by atoms with E-state index >= 15 is 0 Å². The predicted molar refractivity (Wildman–Crippen MR) is 51.0 cm³/mol. The second-order valence-corrected chi connectivity index (χ2v) is 5.18. The molecule has 68 valence electrons. The molecule has 0 radical (unpaired) electrons. The van der Waals surface area contributed by atoms with Crippen molar-refractivity contribution in [3.05, 3.63) is 0 Å². The van der Waals surface area contributed by atoms with Crippen molar-refractivity contribution >= 4 is 17.7 Å². The third-order valence-corrected chi connectivity index (χ3v) is 4.21. The highest BCUT2D eigenvalue weighted by molar-refractivity contribution is 8.00. The first kappa shape index (κ1) is 8.42. The summed E-state index contributed by atoms with van der Waals surface area (Å²) in [4.78, 5) is 11.4. The number of nitrogens with one attached hydrogen (secondary N) is 1. The molecule has 1 saturated carbocycles. The molecule has 0 atom stereocenters. The van der Waals surface area contributed by atoms with Crippen molar-refractivity contribution in [1.82, 2.24) is 5.32 Å². The lowest BCUT2D eigenvalue weighted by Gasteiger charge is -2.40. The summed E-state index contributed by atoms with van der Waals surface area (Å²) in [6, 6.07) is 0. The molecular weight excluding hydrogens is 170 g/mol. The fourth-order valence-corrected chi connectivity index (χ4v) is 3.53. The van der Waals surface area contributed by atoms with Gasteiger partial charge in [0.15, 0.2) is 0 Å². The summed E-state index contributed by atoms with van der Waals surface area (Å²) in [5.74, 6) is 1.28. The number of hydrogen-bond acceptors (Lipinski definition) is 2. The molecule has 1 aliphatic carbocycles. The Balaban J connectivity index is 2.02. The highest BCUT2D eigenvalue weighted by Crippen LogP contribution is 2.39. The third-order valence-electron chi connectivity index (χ3n) is 2.74. The van der Waals surface area contributed by atoms with Crippen LogP contribution in [0.2, 0.25) is 0 Å². The van der Waals surface area contributed by atoms with Crippen LogP contribution in [-0.4, -0.2) is 16.5 Å². The highest BCUT2D eigenvalue weighted by atomic mass is 32.2. The summed E-state index contributed by atoms with van der Waals surface area (Å²) in [6.45, 7) is 0. The molecule has 1 N–H and O–H groups in total. The van der Waals surface area contributed by atoms with Crippen molar-refractivity contribution < 1.29 is 4.79 Å². The van der Waals surface area contributed by atoms with E-state index in [1.807, 2.05) is 11.8 Å². The van der Waals surface area contributed by atoms with Crippen molar-refractivity contribution in [2.75, 3.05) is 5.75 Å². The molecular formula is C9H15NOS. The monoisotopic (exact) mass is 185 g/mol. The van der Waals surface area contributed by atoms with E-state index in [0.29, 0.717) is 6.42 Å². The number of rotatable bonds is 0. The Morgan fingerprint density at radius 1 is 1.25 bits per heavy atom. The summed E-state index contributed by atoms with van der Waals surface area (Å²) < 4.78 is 0. The van der Waals surface area contributed by atoms with Crippen LogP contribution < -0.4 is 5.32 Å². The Kier molecular flexibility index (Phi) is 2.31. The number of thioether (sulfide) groups is 1. The molecule has 12 heavy (non-hydrogen) atoms. The van der Waals surface area contributed by atoms with Gasteiger partial charge < -0.3 is 5.32 Å². The lowest BCUT2D eigenvalue weighted by molar-refractivity contribution is -0.122. The molecule has 2 fully saturated rings. The zero-order valence-corrected chi connectivity index (χ0v) is 8.08. The van der Waals surface area contributed by atoms with Crippen LogP contribution in [0.25, 0.3) is 0 Å². The van der Waals surface area contributed by atoms with Crippen LogP contribution >= 0.6 is 11.8 Å². The molecule has 1 heterocycles. The van der Waals surface area contributed by atoms with Crippen molar-refractivity contribution in [1.29, 1.82) is 0 Å². The highest BCUT2D eigenvalue weighted by Gasteiger charge is 2.36. The van der Waals surface area contributed by atoms with Gasteiger partial charge in [0.1, 0.15) is 0 Å². The molecule has 1 amide bonds. The third kappa shape index (κ3) is 1.60. The van der Waals surface area contributed by atoms with Crippen LogP contribution in [0.15, 0.2) is 0 Å². The second kappa shape index (κ2) is 3.29. The van der Waals surface area contributed by atoms with Gasteiger partial charge in [-0.1, -0.05) is 19.3 Å². The number of hydrogen-bond donors (Lipinski definition) is 1. The molecule has 2 rings (SSSR count). The zero-order valence-electron chi connectivity index (χ0n) is 7.27. The molecule has 1 aliphatic heterocycles. The quantitative estimate of drug-likeness (QED) is 0.624. The van der Waals surface area contributed by atoms with E-state index in [4.69, 9.17) is 0 Å². The van der Waals surface area contributed by atoms with Gasteiger partial charge >= 0.3 is 0 Å². The van der Waals surface area contributed by atoms with Gasteiger partial charge in [-0.2, -0.15) is 0 Å². The standard InChI is InChI=1S/C9H15NOS/c11-8-4-7-12-9(10-8)5-2-1-3-6-9/h1-7H2,(H,10,11). The Labute approximate surface area is 77.5 Å². The normalized spacial score (nSPS) is 28.5. The maximum atomic E-state index is 11.2. The minimum Gasteiger partial charge on any atom is -0.342 e. The molecule has 2 nitrogen and oxygen atoms in total. The molecule has 0 bridgehead atoms. The maximum absolute atomic E-state index is 11.2. The molecule has 1 saturated heterocycles. The first-order valence-electron chi connectivity index (χ1n) is 4.76. The SMILES string of the molecule is O=C1CCSC2(CCCCC2)N1. The van der Waals surface area contributed by atoms with Gasteiger partial charge in [-0.15, -0.1) is 11.8 Å². The number of carbonyl (C=O) groups is 1. The van der Waals surface area contributed by atoms with Gasteiger partial charge in [0.25, 0.3) is 0 Å². The van der Waals surface area contributed by atoms with Gasteiger partial charge in [-0.25, -0.2) is 0 Å². The first-order chi connectivity index (χ1) is 5.81. The summed E-state index contributed by atoms with van der Waals surface area (Å²) in [7, 11) is 0. The summed E-state index contributed by atoms with van der Waals surface area (Å²) in [6.07, 6.45) is 7.00. The zero-order chi connectivity index (χ0) is 8.44. The molecule has 3 heteroatoms. The minimum atomic E-state index is 0.146. The molecule has 2 aliphatic rings. The number of amides is 1. The molecule has 1 spiro atoms. The van der Waals surface area contributed by atoms with E-state index in [-0.39, 0.29) is 10.8 Å². The van der Waals surface area contributed by atoms with Crippen LogP contribution in [0.1, 0.15) is 38.5 Å². The summed E-state index contributed by atoms with van der Waals surface area (Å²) in [5.41, 5.74) is 0. The molecule has 0 aromatic rings. The van der Waals surface area contributed by atoms with Crippen LogP contribution in [0.3, 0.4) is 0 Å². The maximum Gasteiger partial charge on any atom is 0.221 e. The van der Waals surface area contributed by atoms with E-state index in [0.717, 1.165) is 5.75 Å². The van der Waals surface area contributed by atoms with E-state index < -0.39 is 0 Å². The van der Waals surface area contributed by atoms with Crippen molar-refractivity contribution in [3.63, 3.8) is 0 Å². The Hall–Kier alpha value is -0.180. The molecule has 0 unspecified atom stereocenters. The fourth-order valence-electron chi connectivity index (χ4n) is 2.08. The van der Waals surface area contributed by atoms with E-state index in [9.17, 15) is 4.79 Å². The average molecular weight is 185 g/mol. The van der Waals surface area contributed by atoms with Crippen LogP contribution in [0.5, 0.6) is 0 Å². The van der Waals surface area contributed by atoms with Gasteiger partial charge in [-0.05, 0) is 12.8 Å². The van der Waals surface area contributed by atoms with Crippen LogP contribution in [0.4, 0.5) is 0 Å². The van der Waals surface area contributed by atoms with Crippen LogP contribution in [0, 0.1) is 0 Å². The van der Waals surface area contributed by atoms with Crippen molar-refractivity contribution in [3.8, 4) is 0 Å². The number of carbonyl (C=O) groups excluding carboxylic acids is 1. The predicted octanol–water partition coefficient (Wildman–Crippen LogP) is 1.90. The minimum absolute atomic E-state index is 0.146. The second-order valence-electron chi connectivity index (χ2n) is 3.70. The summed E-state index contributed by atoms with van der Waals surface area (Å²) >= 11 is 1.96. The fraction of sp³-hybridized carbons (Fsp3) is 0.889. The lowest BCUT2D eigenvalue weighted by atomic mass is 9.94. The van der Waals surface area contributed by atoms with Gasteiger partial charge in [0.05, 0.1) is 4.87 Å². The molecule has 0 aromatic carbocycles. The summed E-state index contributed by atoms with van der Waals surface area (Å²) in [5, 5.41) is 3.16.